The molecule has 1 fully saturated rings. The zero-order valence-electron chi connectivity index (χ0n) is 22.9. The molecule has 1 aromatic heterocycles. The molecule has 2 N–H and O–H groups in total. The highest BCUT2D eigenvalue weighted by atomic mass is 35.5. The number of benzene rings is 2. The van der Waals surface area contributed by atoms with E-state index in [1.165, 1.54) is 18.0 Å². The van der Waals surface area contributed by atoms with Crippen LogP contribution in [0.15, 0.2) is 42.6 Å². The van der Waals surface area contributed by atoms with E-state index in [1.54, 1.807) is 43.3 Å². The average molecular weight is 607 g/mol. The molecule has 3 heterocycles. The van der Waals surface area contributed by atoms with Crippen LogP contribution >= 0.6 is 23.2 Å². The fraction of sp³-hybridized carbons (Fsp3) is 0.393. The van der Waals surface area contributed by atoms with Gasteiger partial charge in [0.2, 0.25) is 12.4 Å². The van der Waals surface area contributed by atoms with Gasteiger partial charge in [-0.3, -0.25) is 9.69 Å². The van der Waals surface area contributed by atoms with Crippen LogP contribution < -0.4 is 25.3 Å². The molecule has 3 aromatic rings. The highest BCUT2D eigenvalue weighted by Gasteiger charge is 2.33. The lowest BCUT2D eigenvalue weighted by atomic mass is 9.97. The van der Waals surface area contributed by atoms with Gasteiger partial charge in [-0.1, -0.05) is 36.2 Å². The van der Waals surface area contributed by atoms with Crippen molar-refractivity contribution in [2.75, 3.05) is 67.1 Å². The fourth-order valence-corrected chi connectivity index (χ4v) is 5.79. The van der Waals surface area contributed by atoms with Gasteiger partial charge in [0.25, 0.3) is 5.91 Å². The van der Waals surface area contributed by atoms with E-state index >= 15 is 0 Å². The summed E-state index contributed by atoms with van der Waals surface area (Å²) in [7, 11) is 3.44. The second kappa shape index (κ2) is 12.3. The van der Waals surface area contributed by atoms with Crippen LogP contribution in [-0.4, -0.2) is 75.4 Å². The van der Waals surface area contributed by atoms with Crippen molar-refractivity contribution in [2.24, 2.45) is 0 Å². The first-order chi connectivity index (χ1) is 19.7. The lowest BCUT2D eigenvalue weighted by Gasteiger charge is -2.37. The van der Waals surface area contributed by atoms with Gasteiger partial charge < -0.3 is 25.2 Å². The molecule has 0 aliphatic carbocycles. The van der Waals surface area contributed by atoms with E-state index in [1.807, 2.05) is 12.1 Å². The fourth-order valence-electron chi connectivity index (χ4n) is 5.19. The number of rotatable bonds is 8. The quantitative estimate of drug-likeness (QED) is 0.354. The highest BCUT2D eigenvalue weighted by molar-refractivity contribution is 6.40. The summed E-state index contributed by atoms with van der Waals surface area (Å²) in [5, 5.41) is 7.24. The van der Waals surface area contributed by atoms with Crippen molar-refractivity contribution in [1.29, 1.82) is 0 Å². The Hall–Kier alpha value is -3.25. The number of piperazine rings is 1. The number of alkyl halides is 2. The summed E-state index contributed by atoms with van der Waals surface area (Å²) >= 11 is 12.7. The van der Waals surface area contributed by atoms with Crippen LogP contribution in [0.25, 0.3) is 0 Å². The van der Waals surface area contributed by atoms with Crippen LogP contribution in [0.2, 0.25) is 10.0 Å². The summed E-state index contributed by atoms with van der Waals surface area (Å²) in [5.74, 6) is -0.661. The van der Waals surface area contributed by atoms with Crippen molar-refractivity contribution in [3.63, 3.8) is 0 Å². The molecule has 5 rings (SSSR count). The van der Waals surface area contributed by atoms with E-state index in [2.05, 4.69) is 25.5 Å². The second-order valence-corrected chi connectivity index (χ2v) is 11.0. The molecule has 0 bridgehead atoms. The number of methoxy groups -OCH3 is 1. The summed E-state index contributed by atoms with van der Waals surface area (Å²) in [6, 6.07) is 10.6. The number of carbonyl (C=O) groups is 1. The van der Waals surface area contributed by atoms with Gasteiger partial charge in [0.1, 0.15) is 11.4 Å². The highest BCUT2D eigenvalue weighted by Crippen LogP contribution is 2.38. The Labute approximate surface area is 247 Å². The molecular formula is C28H31Cl2F2N7O2. The van der Waals surface area contributed by atoms with E-state index in [4.69, 9.17) is 27.9 Å². The van der Waals surface area contributed by atoms with Crippen LogP contribution in [0, 0.1) is 0 Å². The predicted molar refractivity (Wildman–Crippen MR) is 159 cm³/mol. The zero-order valence-corrected chi connectivity index (χ0v) is 24.4. The molecule has 2 aliphatic rings. The molecule has 0 saturated carbocycles. The smallest absolute Gasteiger partial charge is 0.265 e. The zero-order chi connectivity index (χ0) is 29.3. The molecule has 2 atom stereocenters. The second-order valence-electron chi connectivity index (χ2n) is 10.1. The molecule has 13 heteroatoms. The third kappa shape index (κ3) is 6.04. The van der Waals surface area contributed by atoms with Gasteiger partial charge in [0, 0.05) is 63.3 Å². The molecule has 9 nitrogen and oxygen atoms in total. The number of halogens is 4. The number of ether oxygens (including phenoxy) is 1. The third-order valence-electron chi connectivity index (χ3n) is 7.28. The van der Waals surface area contributed by atoms with E-state index in [0.717, 1.165) is 12.2 Å². The summed E-state index contributed by atoms with van der Waals surface area (Å²) in [4.78, 5) is 27.7. The minimum atomic E-state index is -2.53. The Balaban J connectivity index is 1.41. The summed E-state index contributed by atoms with van der Waals surface area (Å²) < 4.78 is 33.2. The number of hydrogen-bond acceptors (Lipinski definition) is 8. The van der Waals surface area contributed by atoms with Crippen LogP contribution in [-0.2, 0) is 4.74 Å². The first-order valence-corrected chi connectivity index (χ1v) is 13.9. The normalized spacial score (nSPS) is 18.1. The molecule has 2 aliphatic heterocycles. The molecule has 2 aromatic carbocycles. The van der Waals surface area contributed by atoms with Gasteiger partial charge in [-0.05, 0) is 35.9 Å². The molecular weight excluding hydrogens is 575 g/mol. The van der Waals surface area contributed by atoms with Crippen molar-refractivity contribution in [3.05, 3.63) is 63.8 Å². The Morgan fingerprint density at radius 3 is 2.68 bits per heavy atom. The largest absolute Gasteiger partial charge is 0.383 e. The summed E-state index contributed by atoms with van der Waals surface area (Å²) in [6.45, 7) is 4.30. The Kier molecular flexibility index (Phi) is 8.79. The standard InChI is InChI=1S/C28H31Cl2F2N7O2/c1-16(25(31)32)19-11-17(7-8-23(19)38-10-9-33-18(13-38)14-41-3)35-28-34-12-20-26(36-28)37(2)15-39(27(20)40)24-21(29)5-4-6-22(24)30/h4-8,11-12,16,18,25,33H,9-10,13-15H2,1-3H3,(H,34,35,36)/t16?,18-/m1/s1. The van der Waals surface area contributed by atoms with Crippen molar-refractivity contribution in [1.82, 2.24) is 15.3 Å². The average Bonchev–Trinajstić information content (AvgIpc) is 2.95. The van der Waals surface area contributed by atoms with Crippen LogP contribution in [0.1, 0.15) is 28.8 Å². The molecule has 1 amide bonds. The number of para-hydroxylation sites is 1. The summed E-state index contributed by atoms with van der Waals surface area (Å²) in [6.07, 6.45) is -1.09. The van der Waals surface area contributed by atoms with E-state index in [-0.39, 0.29) is 30.1 Å². The van der Waals surface area contributed by atoms with Gasteiger partial charge >= 0.3 is 0 Å². The minimum Gasteiger partial charge on any atom is -0.383 e. The number of amides is 1. The monoisotopic (exact) mass is 605 g/mol. The maximum atomic E-state index is 13.9. The Morgan fingerprint density at radius 1 is 1.22 bits per heavy atom. The van der Waals surface area contributed by atoms with Crippen LogP contribution in [0.5, 0.6) is 0 Å². The number of anilines is 5. The number of hydrogen-bond donors (Lipinski definition) is 2. The number of fused-ring (bicyclic) bond motifs is 1. The Morgan fingerprint density at radius 2 is 1.98 bits per heavy atom. The van der Waals surface area contributed by atoms with Gasteiger partial charge in [-0.15, -0.1) is 0 Å². The lowest BCUT2D eigenvalue weighted by Crippen LogP contribution is -2.52. The topological polar surface area (TPSA) is 85.9 Å². The number of nitrogens with one attached hydrogen (secondary N) is 2. The predicted octanol–water partition coefficient (Wildman–Crippen LogP) is 5.37. The van der Waals surface area contributed by atoms with Crippen LogP contribution in [0.4, 0.5) is 37.6 Å². The molecule has 1 saturated heterocycles. The maximum Gasteiger partial charge on any atom is 0.265 e. The van der Waals surface area contributed by atoms with Gasteiger partial charge in [-0.25, -0.2) is 13.8 Å². The van der Waals surface area contributed by atoms with Crippen molar-refractivity contribution < 1.29 is 18.3 Å². The van der Waals surface area contributed by atoms with Crippen molar-refractivity contribution in [3.8, 4) is 0 Å². The van der Waals surface area contributed by atoms with E-state index < -0.39 is 12.3 Å². The van der Waals surface area contributed by atoms with E-state index in [0.29, 0.717) is 52.5 Å². The molecule has 1 unspecified atom stereocenters. The summed E-state index contributed by atoms with van der Waals surface area (Å²) in [5.41, 5.74) is 2.56. The number of aromatic nitrogens is 2. The van der Waals surface area contributed by atoms with E-state index in [9.17, 15) is 13.6 Å². The molecule has 0 radical (unpaired) electrons. The first-order valence-electron chi connectivity index (χ1n) is 13.2. The minimum absolute atomic E-state index is 0.106. The van der Waals surface area contributed by atoms with Crippen LogP contribution in [0.3, 0.4) is 0 Å². The van der Waals surface area contributed by atoms with Crippen molar-refractivity contribution in [2.45, 2.75) is 25.3 Å². The van der Waals surface area contributed by atoms with Gasteiger partial charge in [0.15, 0.2) is 0 Å². The molecule has 0 spiro atoms. The SMILES string of the molecule is COC[C@H]1CN(c2ccc(Nc3ncc4c(n3)N(C)CN(c3c(Cl)cccc3Cl)C4=O)cc2C(C)C(F)F)CCN1. The van der Waals surface area contributed by atoms with Gasteiger partial charge in [-0.2, -0.15) is 4.98 Å². The maximum absolute atomic E-state index is 13.9. The third-order valence-corrected chi connectivity index (χ3v) is 7.89. The van der Waals surface area contributed by atoms with Crippen molar-refractivity contribution >= 4 is 57.9 Å². The number of nitrogens with zero attached hydrogens (tertiary/aromatic N) is 5. The van der Waals surface area contributed by atoms with Gasteiger partial charge in [0.05, 0.1) is 29.0 Å². The Bertz CT molecular complexity index is 1410. The molecule has 41 heavy (non-hydrogen) atoms. The first kappa shape index (κ1) is 29.2. The number of carbonyl (C=O) groups excluding carboxylic acids is 1. The molecule has 218 valence electrons. The lowest BCUT2D eigenvalue weighted by molar-refractivity contribution is 0.0982.